The zero-order chi connectivity index (χ0) is 50.0. The molecule has 400 valence electrons. The van der Waals surface area contributed by atoms with Gasteiger partial charge in [-0.15, -0.1) is 0 Å². The molecule has 0 rings (SSSR count). The van der Waals surface area contributed by atoms with Gasteiger partial charge in [0.15, 0.2) is 6.10 Å². The van der Waals surface area contributed by atoms with E-state index in [4.69, 9.17) is 14.2 Å². The summed E-state index contributed by atoms with van der Waals surface area (Å²) in [6.07, 6.45) is 72.1. The third-order valence-corrected chi connectivity index (χ3v) is 13.0. The lowest BCUT2D eigenvalue weighted by molar-refractivity contribution is -0.167. The van der Waals surface area contributed by atoms with Crippen LogP contribution in [0.3, 0.4) is 0 Å². The van der Waals surface area contributed by atoms with Crippen molar-refractivity contribution in [2.45, 2.75) is 309 Å². The minimum absolute atomic E-state index is 0.0817. The first-order chi connectivity index (χ1) is 34.0. The lowest BCUT2D eigenvalue weighted by atomic mass is 10.0. The summed E-state index contributed by atoms with van der Waals surface area (Å²) < 4.78 is 16.9. The molecule has 0 N–H and O–H groups in total. The molecule has 6 heteroatoms. The Hall–Kier alpha value is -2.89. The summed E-state index contributed by atoms with van der Waals surface area (Å²) in [6, 6.07) is 0. The largest absolute Gasteiger partial charge is 0.462 e. The fraction of sp³-hybridized carbons (Fsp3) is 0.794. The van der Waals surface area contributed by atoms with Crippen molar-refractivity contribution in [3.63, 3.8) is 0 Å². The Labute approximate surface area is 428 Å². The number of ether oxygens (including phenoxy) is 3. The number of esters is 3. The van der Waals surface area contributed by atoms with Crippen molar-refractivity contribution in [2.75, 3.05) is 13.2 Å². The molecule has 0 aromatic carbocycles. The highest BCUT2D eigenvalue weighted by Crippen LogP contribution is 2.16. The number of unbranched alkanes of at least 4 members (excludes halogenated alkanes) is 33. The Kier molecular flexibility index (Phi) is 55.3. The van der Waals surface area contributed by atoms with E-state index in [0.717, 1.165) is 96.3 Å². The van der Waals surface area contributed by atoms with Crippen molar-refractivity contribution < 1.29 is 28.6 Å². The van der Waals surface area contributed by atoms with E-state index in [1.54, 1.807) is 0 Å². The van der Waals surface area contributed by atoms with Crippen molar-refractivity contribution in [1.82, 2.24) is 0 Å². The van der Waals surface area contributed by atoms with Crippen LogP contribution in [-0.4, -0.2) is 37.2 Å². The molecule has 0 aliphatic heterocycles. The predicted octanol–water partition coefficient (Wildman–Crippen LogP) is 20.0. The second-order valence-electron chi connectivity index (χ2n) is 19.9. The van der Waals surface area contributed by atoms with Crippen LogP contribution in [0.25, 0.3) is 0 Å². The molecule has 0 radical (unpaired) electrons. The molecular weight excluding hydrogens is 853 g/mol. The van der Waals surface area contributed by atoms with Crippen molar-refractivity contribution in [3.05, 3.63) is 60.8 Å². The minimum atomic E-state index is -0.785. The van der Waals surface area contributed by atoms with Gasteiger partial charge in [-0.2, -0.15) is 0 Å². The number of hydrogen-bond acceptors (Lipinski definition) is 6. The molecule has 0 aromatic rings. The van der Waals surface area contributed by atoms with Gasteiger partial charge in [-0.3, -0.25) is 14.4 Å². The Morgan fingerprint density at radius 1 is 0.304 bits per heavy atom. The number of carbonyl (C=O) groups excluding carboxylic acids is 3. The highest BCUT2D eigenvalue weighted by Gasteiger charge is 2.19. The summed E-state index contributed by atoms with van der Waals surface area (Å²) in [6.45, 7) is 6.54. The lowest BCUT2D eigenvalue weighted by Crippen LogP contribution is -2.30. The van der Waals surface area contributed by atoms with Gasteiger partial charge >= 0.3 is 17.9 Å². The van der Waals surface area contributed by atoms with Crippen molar-refractivity contribution in [1.29, 1.82) is 0 Å². The zero-order valence-corrected chi connectivity index (χ0v) is 45.8. The van der Waals surface area contributed by atoms with Crippen LogP contribution in [-0.2, 0) is 28.6 Å². The first-order valence-electron chi connectivity index (χ1n) is 29.8. The van der Waals surface area contributed by atoms with Gasteiger partial charge in [0.2, 0.25) is 0 Å². The van der Waals surface area contributed by atoms with E-state index in [-0.39, 0.29) is 31.1 Å². The average Bonchev–Trinajstić information content (AvgIpc) is 3.35. The number of rotatable bonds is 54. The van der Waals surface area contributed by atoms with Gasteiger partial charge in [0, 0.05) is 19.3 Å². The van der Waals surface area contributed by atoms with Crippen molar-refractivity contribution in [2.24, 2.45) is 0 Å². The average molecular weight is 966 g/mol. The Balaban J connectivity index is 4.40. The van der Waals surface area contributed by atoms with Gasteiger partial charge in [0.05, 0.1) is 0 Å². The normalized spacial score (nSPS) is 12.4. The quantitative estimate of drug-likeness (QED) is 0.0262. The third kappa shape index (κ3) is 55.9. The highest BCUT2D eigenvalue weighted by molar-refractivity contribution is 5.71. The molecule has 0 fully saturated rings. The molecule has 6 nitrogen and oxygen atoms in total. The monoisotopic (exact) mass is 965 g/mol. The Bertz CT molecular complexity index is 1250. The van der Waals surface area contributed by atoms with Crippen LogP contribution < -0.4 is 0 Å². The molecule has 0 saturated heterocycles. The van der Waals surface area contributed by atoms with E-state index in [0.29, 0.717) is 19.3 Å². The van der Waals surface area contributed by atoms with E-state index < -0.39 is 6.10 Å². The van der Waals surface area contributed by atoms with Crippen molar-refractivity contribution >= 4 is 17.9 Å². The van der Waals surface area contributed by atoms with E-state index in [9.17, 15) is 14.4 Å². The number of carbonyl (C=O) groups is 3. The van der Waals surface area contributed by atoms with Gasteiger partial charge < -0.3 is 14.2 Å². The summed E-state index contributed by atoms with van der Waals surface area (Å²) >= 11 is 0. The van der Waals surface area contributed by atoms with Gasteiger partial charge in [-0.25, -0.2) is 0 Å². The molecule has 0 unspecified atom stereocenters. The van der Waals surface area contributed by atoms with Gasteiger partial charge in [0.25, 0.3) is 0 Å². The van der Waals surface area contributed by atoms with Crippen LogP contribution >= 0.6 is 0 Å². The smallest absolute Gasteiger partial charge is 0.306 e. The van der Waals surface area contributed by atoms with Crippen molar-refractivity contribution in [3.8, 4) is 0 Å². The second kappa shape index (κ2) is 57.7. The maximum absolute atomic E-state index is 12.9. The molecule has 0 bridgehead atoms. The SMILES string of the molecule is CC/C=C\C/C=C\C/C=C\C/C=C\CCCCCCC(=O)OC[C@H](COC(=O)CCCCCCCCC/C=C\CCCCCCCC)OC(=O)CCCCCCCCCCCCCCCCCCC. The summed E-state index contributed by atoms with van der Waals surface area (Å²) in [5.41, 5.74) is 0. The van der Waals surface area contributed by atoms with Crippen LogP contribution in [0.4, 0.5) is 0 Å². The maximum Gasteiger partial charge on any atom is 0.306 e. The molecule has 0 amide bonds. The van der Waals surface area contributed by atoms with E-state index in [2.05, 4.69) is 81.5 Å². The first kappa shape index (κ1) is 66.1. The highest BCUT2D eigenvalue weighted by atomic mass is 16.6. The topological polar surface area (TPSA) is 78.9 Å². The fourth-order valence-electron chi connectivity index (χ4n) is 8.55. The standard InChI is InChI=1S/C63H112O6/c1-4-7-10-13-16-19-22-25-28-31-34-37-40-43-46-49-52-55-61(64)67-58-60(69-63(66)57-54-51-48-45-42-39-36-33-30-27-24-21-18-15-12-9-6-3)59-68-62(65)56-53-50-47-44-41-38-35-32-29-26-23-20-17-14-11-8-5-2/h7,10,16,19,25-26,28-29,34,37,60H,4-6,8-9,11-15,17-18,20-24,27,30-33,35-36,38-59H2,1-3H3/b10-7-,19-16-,28-25-,29-26-,37-34-/t60-/m1/s1. The van der Waals surface area contributed by atoms with E-state index in [1.165, 1.54) is 167 Å². The molecule has 69 heavy (non-hydrogen) atoms. The van der Waals surface area contributed by atoms with Gasteiger partial charge in [0.1, 0.15) is 13.2 Å². The van der Waals surface area contributed by atoms with Crippen LogP contribution in [0.5, 0.6) is 0 Å². The Morgan fingerprint density at radius 2 is 0.565 bits per heavy atom. The maximum atomic E-state index is 12.9. The number of allylic oxidation sites excluding steroid dienone is 10. The van der Waals surface area contributed by atoms with Gasteiger partial charge in [-0.1, -0.05) is 261 Å². The molecular formula is C63H112O6. The summed E-state index contributed by atoms with van der Waals surface area (Å²) in [5.74, 6) is -0.895. The molecule has 0 aromatic heterocycles. The number of hydrogen-bond donors (Lipinski definition) is 0. The predicted molar refractivity (Wildman–Crippen MR) is 298 cm³/mol. The second-order valence-corrected chi connectivity index (χ2v) is 19.9. The Morgan fingerprint density at radius 3 is 0.899 bits per heavy atom. The van der Waals surface area contributed by atoms with Gasteiger partial charge in [-0.05, 0) is 83.5 Å². The molecule has 0 aliphatic carbocycles. The zero-order valence-electron chi connectivity index (χ0n) is 45.8. The third-order valence-electron chi connectivity index (χ3n) is 13.0. The minimum Gasteiger partial charge on any atom is -0.462 e. The lowest BCUT2D eigenvalue weighted by Gasteiger charge is -2.18. The van der Waals surface area contributed by atoms with Crippen LogP contribution in [0.2, 0.25) is 0 Å². The summed E-state index contributed by atoms with van der Waals surface area (Å²) in [5, 5.41) is 0. The van der Waals surface area contributed by atoms with Crippen LogP contribution in [0, 0.1) is 0 Å². The fourth-order valence-corrected chi connectivity index (χ4v) is 8.55. The molecule has 0 spiro atoms. The van der Waals surface area contributed by atoms with Crippen LogP contribution in [0.15, 0.2) is 60.8 Å². The first-order valence-corrected chi connectivity index (χ1v) is 29.8. The van der Waals surface area contributed by atoms with E-state index >= 15 is 0 Å². The van der Waals surface area contributed by atoms with Crippen LogP contribution in [0.1, 0.15) is 303 Å². The molecule has 0 aliphatic rings. The molecule has 0 saturated carbocycles. The molecule has 0 heterocycles. The van der Waals surface area contributed by atoms with E-state index in [1.807, 2.05) is 0 Å². The summed E-state index contributed by atoms with van der Waals surface area (Å²) in [4.78, 5) is 38.2. The summed E-state index contributed by atoms with van der Waals surface area (Å²) in [7, 11) is 0. The molecule has 1 atom stereocenters.